The van der Waals surface area contributed by atoms with Crippen LogP contribution < -0.4 is 5.32 Å². The fourth-order valence-electron chi connectivity index (χ4n) is 3.27. The first kappa shape index (κ1) is 17.0. The average Bonchev–Trinajstić information content (AvgIpc) is 3.17. The number of benzene rings is 1. The van der Waals surface area contributed by atoms with Crippen molar-refractivity contribution in [1.29, 1.82) is 0 Å². The molecule has 0 spiro atoms. The summed E-state index contributed by atoms with van der Waals surface area (Å²) in [5.74, 6) is -0.0696. The second-order valence-corrected chi connectivity index (χ2v) is 6.60. The van der Waals surface area contributed by atoms with E-state index in [2.05, 4.69) is 28.8 Å². The molecular weight excluding hydrogens is 312 g/mol. The minimum absolute atomic E-state index is 0.0696. The molecule has 0 saturated carbocycles. The Morgan fingerprint density at radius 2 is 1.92 bits per heavy atom. The predicted molar refractivity (Wildman–Crippen MR) is 100 cm³/mol. The quantitative estimate of drug-likeness (QED) is 0.760. The molecule has 0 aliphatic rings. The Kier molecular flexibility index (Phi) is 4.74. The normalized spacial score (nSPS) is 11.1. The summed E-state index contributed by atoms with van der Waals surface area (Å²) >= 11 is 0. The van der Waals surface area contributed by atoms with E-state index in [0.717, 1.165) is 34.7 Å². The summed E-state index contributed by atoms with van der Waals surface area (Å²) in [7, 11) is 0. The summed E-state index contributed by atoms with van der Waals surface area (Å²) in [5, 5.41) is 7.19. The zero-order valence-corrected chi connectivity index (χ0v) is 15.2. The molecule has 1 N–H and O–H groups in total. The molecule has 130 valence electrons. The van der Waals surface area contributed by atoms with Crippen LogP contribution in [0.25, 0.3) is 0 Å². The number of carbonyl (C=O) groups is 1. The van der Waals surface area contributed by atoms with Crippen LogP contribution in [0.5, 0.6) is 0 Å². The van der Waals surface area contributed by atoms with Crippen molar-refractivity contribution in [3.05, 3.63) is 71.3 Å². The highest BCUT2D eigenvalue weighted by molar-refractivity contribution is 6.05. The Balaban J connectivity index is 1.72. The third-order valence-electron chi connectivity index (χ3n) is 4.36. The summed E-state index contributed by atoms with van der Waals surface area (Å²) in [6.45, 7) is 9.00. The van der Waals surface area contributed by atoms with E-state index in [4.69, 9.17) is 0 Å². The predicted octanol–water partition coefficient (Wildman–Crippen LogP) is 4.18. The van der Waals surface area contributed by atoms with Gasteiger partial charge in [0, 0.05) is 35.5 Å². The molecule has 5 heteroatoms. The number of amides is 1. The third kappa shape index (κ3) is 3.65. The highest BCUT2D eigenvalue weighted by Crippen LogP contribution is 2.21. The van der Waals surface area contributed by atoms with E-state index in [0.29, 0.717) is 6.04 Å². The Bertz CT molecular complexity index is 858. The molecule has 5 nitrogen and oxygen atoms in total. The molecule has 0 atom stereocenters. The van der Waals surface area contributed by atoms with Crippen molar-refractivity contribution in [2.24, 2.45) is 0 Å². The standard InChI is InChI=1S/C20H24N4O/c1-14(2)24-15(3)12-19(16(24)4)20(25)22-18-8-6-17(7-9-18)13-23-11-5-10-21-23/h5-12,14H,13H2,1-4H3,(H,22,25). The molecule has 1 aromatic carbocycles. The van der Waals surface area contributed by atoms with Gasteiger partial charge in [0.2, 0.25) is 0 Å². The molecule has 0 unspecified atom stereocenters. The molecule has 1 amide bonds. The fourth-order valence-corrected chi connectivity index (χ4v) is 3.27. The van der Waals surface area contributed by atoms with E-state index in [9.17, 15) is 4.79 Å². The van der Waals surface area contributed by atoms with Crippen LogP contribution in [0.3, 0.4) is 0 Å². The molecule has 3 rings (SSSR count). The largest absolute Gasteiger partial charge is 0.346 e. The second kappa shape index (κ2) is 6.97. The zero-order valence-electron chi connectivity index (χ0n) is 15.2. The van der Waals surface area contributed by atoms with Crippen molar-refractivity contribution >= 4 is 11.6 Å². The summed E-state index contributed by atoms with van der Waals surface area (Å²) in [6, 6.07) is 12.1. The highest BCUT2D eigenvalue weighted by atomic mass is 16.1. The molecule has 25 heavy (non-hydrogen) atoms. The third-order valence-corrected chi connectivity index (χ3v) is 4.36. The van der Waals surface area contributed by atoms with Crippen molar-refractivity contribution in [3.8, 4) is 0 Å². The minimum atomic E-state index is -0.0696. The van der Waals surface area contributed by atoms with Crippen LogP contribution in [0.1, 0.15) is 47.2 Å². The summed E-state index contributed by atoms with van der Waals surface area (Å²) in [5.41, 5.74) is 4.77. The number of rotatable bonds is 5. The first-order chi connectivity index (χ1) is 12.0. The average molecular weight is 336 g/mol. The number of anilines is 1. The Morgan fingerprint density at radius 1 is 1.20 bits per heavy atom. The number of aryl methyl sites for hydroxylation is 1. The van der Waals surface area contributed by atoms with Crippen molar-refractivity contribution in [2.75, 3.05) is 5.32 Å². The second-order valence-electron chi connectivity index (χ2n) is 6.60. The van der Waals surface area contributed by atoms with E-state index in [1.165, 1.54) is 0 Å². The van der Waals surface area contributed by atoms with E-state index in [-0.39, 0.29) is 5.91 Å². The van der Waals surface area contributed by atoms with E-state index < -0.39 is 0 Å². The summed E-state index contributed by atoms with van der Waals surface area (Å²) < 4.78 is 4.05. The van der Waals surface area contributed by atoms with Crippen LogP contribution in [0.15, 0.2) is 48.8 Å². The van der Waals surface area contributed by atoms with Gasteiger partial charge in [-0.1, -0.05) is 12.1 Å². The maximum atomic E-state index is 12.6. The number of hydrogen-bond donors (Lipinski definition) is 1. The molecule has 0 fully saturated rings. The molecule has 2 heterocycles. The smallest absolute Gasteiger partial charge is 0.257 e. The lowest BCUT2D eigenvalue weighted by molar-refractivity contribution is 0.102. The molecule has 0 saturated heterocycles. The van der Waals surface area contributed by atoms with Gasteiger partial charge in [-0.15, -0.1) is 0 Å². The molecular formula is C20H24N4O. The SMILES string of the molecule is Cc1cc(C(=O)Nc2ccc(Cn3cccn3)cc2)c(C)n1C(C)C. The Hall–Kier alpha value is -2.82. The maximum absolute atomic E-state index is 12.6. The minimum Gasteiger partial charge on any atom is -0.346 e. The van der Waals surface area contributed by atoms with Crippen LogP contribution in [0.4, 0.5) is 5.69 Å². The van der Waals surface area contributed by atoms with E-state index >= 15 is 0 Å². The zero-order chi connectivity index (χ0) is 18.0. The van der Waals surface area contributed by atoms with Crippen molar-refractivity contribution in [1.82, 2.24) is 14.3 Å². The highest BCUT2D eigenvalue weighted by Gasteiger charge is 2.17. The fraction of sp³-hybridized carbons (Fsp3) is 0.300. The lowest BCUT2D eigenvalue weighted by Gasteiger charge is -2.13. The van der Waals surface area contributed by atoms with Crippen molar-refractivity contribution in [2.45, 2.75) is 40.3 Å². The van der Waals surface area contributed by atoms with Crippen LogP contribution in [0.2, 0.25) is 0 Å². The van der Waals surface area contributed by atoms with Crippen molar-refractivity contribution < 1.29 is 4.79 Å². The van der Waals surface area contributed by atoms with Gasteiger partial charge in [0.05, 0.1) is 12.1 Å². The number of nitrogens with one attached hydrogen (secondary N) is 1. The van der Waals surface area contributed by atoms with Gasteiger partial charge in [0.1, 0.15) is 0 Å². The number of nitrogens with zero attached hydrogens (tertiary/aromatic N) is 3. The molecule has 0 aliphatic heterocycles. The molecule has 0 bridgehead atoms. The lowest BCUT2D eigenvalue weighted by atomic mass is 10.2. The summed E-state index contributed by atoms with van der Waals surface area (Å²) in [4.78, 5) is 12.6. The molecule has 0 aliphatic carbocycles. The number of carbonyl (C=O) groups excluding carboxylic acids is 1. The van der Waals surface area contributed by atoms with Gasteiger partial charge in [-0.2, -0.15) is 5.10 Å². The van der Waals surface area contributed by atoms with Gasteiger partial charge in [-0.3, -0.25) is 9.48 Å². The molecule has 2 aromatic heterocycles. The first-order valence-electron chi connectivity index (χ1n) is 8.52. The lowest BCUT2D eigenvalue weighted by Crippen LogP contribution is -2.14. The molecule has 3 aromatic rings. The maximum Gasteiger partial charge on any atom is 0.257 e. The topological polar surface area (TPSA) is 51.9 Å². The van der Waals surface area contributed by atoms with Crippen LogP contribution in [-0.4, -0.2) is 20.3 Å². The number of aromatic nitrogens is 3. The van der Waals surface area contributed by atoms with Gasteiger partial charge >= 0.3 is 0 Å². The summed E-state index contributed by atoms with van der Waals surface area (Å²) in [6.07, 6.45) is 3.70. The molecule has 0 radical (unpaired) electrons. The van der Waals surface area contributed by atoms with Crippen LogP contribution in [0, 0.1) is 13.8 Å². The number of hydrogen-bond acceptors (Lipinski definition) is 2. The van der Waals surface area contributed by atoms with Gasteiger partial charge in [-0.25, -0.2) is 0 Å². The van der Waals surface area contributed by atoms with Gasteiger partial charge < -0.3 is 9.88 Å². The van der Waals surface area contributed by atoms with E-state index in [1.807, 2.05) is 61.1 Å². The van der Waals surface area contributed by atoms with Crippen molar-refractivity contribution in [3.63, 3.8) is 0 Å². The van der Waals surface area contributed by atoms with Crippen LogP contribution in [-0.2, 0) is 6.54 Å². The van der Waals surface area contributed by atoms with E-state index in [1.54, 1.807) is 6.20 Å². The van der Waals surface area contributed by atoms with Gasteiger partial charge in [-0.05, 0) is 57.5 Å². The van der Waals surface area contributed by atoms with Gasteiger partial charge in [0.25, 0.3) is 5.91 Å². The van der Waals surface area contributed by atoms with Gasteiger partial charge in [0.15, 0.2) is 0 Å². The first-order valence-corrected chi connectivity index (χ1v) is 8.52. The van der Waals surface area contributed by atoms with Crippen LogP contribution >= 0.6 is 0 Å². The Labute approximate surface area is 148 Å². The Morgan fingerprint density at radius 3 is 2.48 bits per heavy atom. The monoisotopic (exact) mass is 336 g/mol.